The number of carbonyl (C=O) groups excluding carboxylic acids is 1. The molecule has 17 atom stereocenters. The largest absolute Gasteiger partial charge is 0.394 e. The van der Waals surface area contributed by atoms with Crippen LogP contribution in [0.3, 0.4) is 0 Å². The van der Waals surface area contributed by atoms with E-state index in [1.165, 1.54) is 225 Å². The SMILES string of the molecule is CCCCCCCCCCCCCCCCC/C=C/CC/C=C/C(O)C(COC1OC(CO)C(OC2OC(CO)C(OC3OC(CO)C(O)C(O)C3O)C(O)C2O)C(O)C1O)NC(=O)CCCCCCCCCCCCCCCCCCCCCCCCCCC. The third kappa shape index (κ3) is 35.9. The summed E-state index contributed by atoms with van der Waals surface area (Å²) >= 11 is 0. The fraction of sp³-hybridized carbons (Fsp3) is 0.931. The first kappa shape index (κ1) is 83.5. The second-order valence-corrected chi connectivity index (χ2v) is 26.8. The molecular weight excluding hydrogens is 1170 g/mol. The fourth-order valence-electron chi connectivity index (χ4n) is 12.7. The van der Waals surface area contributed by atoms with Gasteiger partial charge in [0.25, 0.3) is 0 Å². The highest BCUT2D eigenvalue weighted by molar-refractivity contribution is 5.76. The van der Waals surface area contributed by atoms with Crippen LogP contribution in [-0.2, 0) is 33.2 Å². The molecule has 3 heterocycles. The summed E-state index contributed by atoms with van der Waals surface area (Å²) in [4.78, 5) is 13.4. The lowest BCUT2D eigenvalue weighted by molar-refractivity contribution is -0.379. The summed E-state index contributed by atoms with van der Waals surface area (Å²) in [5.41, 5.74) is 0. The van der Waals surface area contributed by atoms with Gasteiger partial charge in [-0.2, -0.15) is 0 Å². The Morgan fingerprint density at radius 3 is 1.10 bits per heavy atom. The zero-order valence-corrected chi connectivity index (χ0v) is 56.8. The average Bonchev–Trinajstić information content (AvgIpc) is 0.887. The van der Waals surface area contributed by atoms with Crippen LogP contribution in [-0.4, -0.2) is 193 Å². The van der Waals surface area contributed by atoms with Crippen molar-refractivity contribution in [1.29, 1.82) is 0 Å². The summed E-state index contributed by atoms with van der Waals surface area (Å²) in [5, 5.41) is 121. The number of rotatable bonds is 58. The maximum Gasteiger partial charge on any atom is 0.220 e. The minimum Gasteiger partial charge on any atom is -0.394 e. The topological polar surface area (TPSA) is 307 Å². The molecule has 536 valence electrons. The average molecular weight is 1300 g/mol. The number of carbonyl (C=O) groups is 1. The van der Waals surface area contributed by atoms with Crippen molar-refractivity contribution in [1.82, 2.24) is 5.32 Å². The van der Waals surface area contributed by atoms with Crippen LogP contribution in [0, 0.1) is 0 Å². The molecule has 0 aliphatic carbocycles. The highest BCUT2D eigenvalue weighted by atomic mass is 16.8. The molecular formula is C72H135NO18. The number of amides is 1. The van der Waals surface area contributed by atoms with Crippen molar-refractivity contribution in [3.8, 4) is 0 Å². The van der Waals surface area contributed by atoms with Crippen molar-refractivity contribution in [3.05, 3.63) is 24.3 Å². The summed E-state index contributed by atoms with van der Waals surface area (Å²) in [6.07, 6.45) is 35.9. The van der Waals surface area contributed by atoms with E-state index >= 15 is 0 Å². The summed E-state index contributed by atoms with van der Waals surface area (Å²) in [5.74, 6) is -0.279. The molecule has 0 bridgehead atoms. The van der Waals surface area contributed by atoms with Crippen molar-refractivity contribution in [3.63, 3.8) is 0 Å². The number of aliphatic hydroxyl groups is 11. The third-order valence-corrected chi connectivity index (χ3v) is 18.8. The Hall–Kier alpha value is -1.73. The summed E-state index contributed by atoms with van der Waals surface area (Å²) in [7, 11) is 0. The molecule has 0 spiro atoms. The Balaban J connectivity index is 1.42. The highest BCUT2D eigenvalue weighted by Gasteiger charge is 2.53. The van der Waals surface area contributed by atoms with Crippen molar-refractivity contribution < 1.29 is 89.4 Å². The van der Waals surface area contributed by atoms with Crippen LogP contribution >= 0.6 is 0 Å². The van der Waals surface area contributed by atoms with E-state index < -0.39 is 124 Å². The molecule has 0 saturated carbocycles. The monoisotopic (exact) mass is 1300 g/mol. The lowest BCUT2D eigenvalue weighted by Gasteiger charge is -2.48. The van der Waals surface area contributed by atoms with E-state index in [0.29, 0.717) is 12.8 Å². The molecule has 1 amide bonds. The number of ether oxygens (including phenoxy) is 6. The van der Waals surface area contributed by atoms with E-state index in [9.17, 15) is 61.0 Å². The lowest BCUT2D eigenvalue weighted by Crippen LogP contribution is -2.66. The van der Waals surface area contributed by atoms with Gasteiger partial charge < -0.3 is 89.9 Å². The maximum absolute atomic E-state index is 13.4. The molecule has 12 N–H and O–H groups in total. The molecule has 91 heavy (non-hydrogen) atoms. The smallest absolute Gasteiger partial charge is 0.220 e. The van der Waals surface area contributed by atoms with Crippen molar-refractivity contribution >= 4 is 5.91 Å². The number of unbranched alkanes of at least 4 members (excludes halogenated alkanes) is 40. The summed E-state index contributed by atoms with van der Waals surface area (Å²) < 4.78 is 34.4. The van der Waals surface area contributed by atoms with Crippen LogP contribution < -0.4 is 5.32 Å². The number of nitrogens with one attached hydrogen (secondary N) is 1. The molecule has 0 aromatic carbocycles. The highest BCUT2D eigenvalue weighted by Crippen LogP contribution is 2.33. The van der Waals surface area contributed by atoms with Crippen molar-refractivity contribution in [2.45, 2.75) is 401 Å². The third-order valence-electron chi connectivity index (χ3n) is 18.8. The Kier molecular flexibility index (Phi) is 49.8. The number of allylic oxidation sites excluding steroid dienone is 3. The van der Waals surface area contributed by atoms with Gasteiger partial charge in [0, 0.05) is 6.42 Å². The number of hydrogen-bond donors (Lipinski definition) is 12. The van der Waals surface area contributed by atoms with E-state index in [1.54, 1.807) is 6.08 Å². The molecule has 3 rings (SSSR count). The van der Waals surface area contributed by atoms with Gasteiger partial charge in [-0.05, 0) is 32.1 Å². The first-order valence-electron chi connectivity index (χ1n) is 37.1. The Labute approximate surface area is 549 Å². The van der Waals surface area contributed by atoms with Gasteiger partial charge in [0.1, 0.15) is 73.2 Å². The Morgan fingerprint density at radius 1 is 0.385 bits per heavy atom. The lowest BCUT2D eigenvalue weighted by atomic mass is 9.96. The molecule has 3 fully saturated rings. The summed E-state index contributed by atoms with van der Waals surface area (Å²) in [6.45, 7) is 1.76. The van der Waals surface area contributed by atoms with Crippen LogP contribution in [0.15, 0.2) is 24.3 Å². The van der Waals surface area contributed by atoms with Crippen LogP contribution in [0.4, 0.5) is 0 Å². The van der Waals surface area contributed by atoms with Crippen molar-refractivity contribution in [2.24, 2.45) is 0 Å². The Bertz CT molecular complexity index is 1750. The minimum atomic E-state index is -1.98. The molecule has 3 aliphatic rings. The minimum absolute atomic E-state index is 0.241. The second kappa shape index (κ2) is 54.3. The van der Waals surface area contributed by atoms with Gasteiger partial charge in [-0.3, -0.25) is 4.79 Å². The molecule has 19 heteroatoms. The normalized spacial score (nSPS) is 27.9. The Morgan fingerprint density at radius 2 is 0.703 bits per heavy atom. The molecule has 0 radical (unpaired) electrons. The zero-order chi connectivity index (χ0) is 66.1. The molecule has 19 nitrogen and oxygen atoms in total. The number of aliphatic hydroxyl groups excluding tert-OH is 11. The molecule has 3 saturated heterocycles. The predicted octanol–water partition coefficient (Wildman–Crippen LogP) is 10.6. The molecule has 3 aliphatic heterocycles. The van der Waals surface area contributed by atoms with E-state index in [0.717, 1.165) is 38.5 Å². The van der Waals surface area contributed by atoms with E-state index in [4.69, 9.17) is 28.4 Å². The maximum atomic E-state index is 13.4. The first-order valence-corrected chi connectivity index (χ1v) is 37.1. The fourth-order valence-corrected chi connectivity index (χ4v) is 12.7. The van der Waals surface area contributed by atoms with Crippen molar-refractivity contribution in [2.75, 3.05) is 26.4 Å². The van der Waals surface area contributed by atoms with Crippen LogP contribution in [0.2, 0.25) is 0 Å². The predicted molar refractivity (Wildman–Crippen MR) is 356 cm³/mol. The zero-order valence-electron chi connectivity index (χ0n) is 56.8. The van der Waals surface area contributed by atoms with E-state index in [2.05, 4.69) is 31.3 Å². The van der Waals surface area contributed by atoms with E-state index in [-0.39, 0.29) is 18.9 Å². The van der Waals surface area contributed by atoms with Gasteiger partial charge in [-0.25, -0.2) is 0 Å². The van der Waals surface area contributed by atoms with Crippen LogP contribution in [0.25, 0.3) is 0 Å². The first-order chi connectivity index (χ1) is 44.3. The molecule has 0 aromatic heterocycles. The van der Waals surface area contributed by atoms with Crippen LogP contribution in [0.1, 0.15) is 296 Å². The molecule has 17 unspecified atom stereocenters. The van der Waals surface area contributed by atoms with Gasteiger partial charge in [0.15, 0.2) is 18.9 Å². The summed E-state index contributed by atoms with van der Waals surface area (Å²) in [6, 6.07) is -0.987. The van der Waals surface area contributed by atoms with Gasteiger partial charge in [-0.15, -0.1) is 0 Å². The van der Waals surface area contributed by atoms with E-state index in [1.807, 2.05) is 6.08 Å². The van der Waals surface area contributed by atoms with Gasteiger partial charge in [0.05, 0.1) is 38.6 Å². The van der Waals surface area contributed by atoms with Gasteiger partial charge in [0.2, 0.25) is 5.91 Å². The number of hydrogen-bond acceptors (Lipinski definition) is 18. The quantitative estimate of drug-likeness (QED) is 0.0199. The second-order valence-electron chi connectivity index (χ2n) is 26.8. The van der Waals surface area contributed by atoms with Gasteiger partial charge in [-0.1, -0.05) is 282 Å². The molecule has 0 aromatic rings. The standard InChI is InChI=1S/C72H135NO18/c1-3-5-7-9-11-13-15-17-19-21-23-25-26-27-28-30-32-34-36-38-40-42-44-46-48-50-60(78)73-55(56(77)49-47-45-43-41-39-37-35-33-31-29-24-22-20-18-16-14-12-10-8-6-4-2)54-86-70-66(84)63(81)68(58(52-75)88-70)91-72-67(85)64(82)69(59(53-76)89-72)90-71-65(83)62(80)61(79)57(51-74)87-71/h39,41,47,49,55-59,61-72,74-77,79-85H,3-38,40,42-46,48,50-54H2,1-2H3,(H,73,78)/b41-39+,49-47+. The van der Waals surface area contributed by atoms with Crippen LogP contribution in [0.5, 0.6) is 0 Å². The van der Waals surface area contributed by atoms with Gasteiger partial charge >= 0.3 is 0 Å².